The molecule has 0 fully saturated rings. The number of anilines is 2. The molecule has 128 valence electrons. The van der Waals surface area contributed by atoms with Crippen LogP contribution in [-0.2, 0) is 0 Å². The third kappa shape index (κ3) is 3.93. The molecule has 0 aliphatic carbocycles. The summed E-state index contributed by atoms with van der Waals surface area (Å²) in [5, 5.41) is 6.11. The van der Waals surface area contributed by atoms with E-state index in [-0.39, 0.29) is 27.3 Å². The molecule has 10 heteroatoms. The van der Waals surface area contributed by atoms with Crippen molar-refractivity contribution < 1.29 is 14.1 Å². The Kier molecular flexibility index (Phi) is 4.64. The molecular weight excluding hydrogens is 371 g/mol. The first-order chi connectivity index (χ1) is 11.9. The number of aromatic amines is 1. The molecule has 1 aromatic heterocycles. The quantitative estimate of drug-likeness (QED) is 0.596. The molecule has 0 aliphatic heterocycles. The minimum atomic E-state index is -0.839. The van der Waals surface area contributed by atoms with Gasteiger partial charge in [0, 0.05) is 11.4 Å². The number of benzene rings is 2. The number of hydrogen-bond acceptors (Lipinski definition) is 6. The van der Waals surface area contributed by atoms with Crippen LogP contribution in [0.5, 0.6) is 11.5 Å². The van der Waals surface area contributed by atoms with Gasteiger partial charge < -0.3 is 15.8 Å². The summed E-state index contributed by atoms with van der Waals surface area (Å²) in [5.74, 6) is -1.09. The van der Waals surface area contributed by atoms with Gasteiger partial charge in [0.05, 0.1) is 10.0 Å². The van der Waals surface area contributed by atoms with Gasteiger partial charge in [-0.05, 0) is 41.6 Å². The number of halogens is 2. The van der Waals surface area contributed by atoms with Crippen LogP contribution in [0.4, 0.5) is 11.4 Å². The lowest BCUT2D eigenvalue weighted by atomic mass is 10.2. The lowest BCUT2D eigenvalue weighted by Gasteiger charge is -2.12. The van der Waals surface area contributed by atoms with Crippen molar-refractivity contribution in [2.45, 2.75) is 0 Å². The van der Waals surface area contributed by atoms with Gasteiger partial charge in [-0.15, -0.1) is 0 Å². The molecule has 8 nitrogen and oxygen atoms in total. The van der Waals surface area contributed by atoms with Gasteiger partial charge in [-0.3, -0.25) is 14.3 Å². The molecular formula is C15H10Cl2N4O4. The van der Waals surface area contributed by atoms with E-state index in [1.165, 1.54) is 12.1 Å². The molecule has 2 aromatic carbocycles. The monoisotopic (exact) mass is 380 g/mol. The van der Waals surface area contributed by atoms with Crippen molar-refractivity contribution in [3.8, 4) is 11.5 Å². The van der Waals surface area contributed by atoms with Gasteiger partial charge in [0.25, 0.3) is 5.91 Å². The lowest BCUT2D eigenvalue weighted by molar-refractivity contribution is 0.101. The number of nitrogen functional groups attached to an aromatic ring is 1. The Labute approximate surface area is 150 Å². The number of H-pyrrole nitrogens is 1. The Hall–Kier alpha value is -2.97. The number of nitrogens with one attached hydrogen (secondary N) is 2. The lowest BCUT2D eigenvalue weighted by Crippen LogP contribution is -2.14. The number of rotatable bonds is 4. The molecule has 3 aromatic rings. The summed E-state index contributed by atoms with van der Waals surface area (Å²) >= 11 is 12.3. The number of nitrogens with zero attached hydrogens (tertiary/aromatic N) is 1. The van der Waals surface area contributed by atoms with Crippen LogP contribution >= 0.6 is 23.2 Å². The minimum Gasteiger partial charge on any atom is -0.454 e. The number of hydrogen-bond donors (Lipinski definition) is 3. The molecule has 4 N–H and O–H groups in total. The van der Waals surface area contributed by atoms with Gasteiger partial charge in [0.1, 0.15) is 5.75 Å². The summed E-state index contributed by atoms with van der Waals surface area (Å²) in [6, 6.07) is 9.55. The van der Waals surface area contributed by atoms with E-state index in [0.717, 1.165) is 0 Å². The van der Waals surface area contributed by atoms with Gasteiger partial charge in [-0.2, -0.15) is 0 Å². The largest absolute Gasteiger partial charge is 0.454 e. The van der Waals surface area contributed by atoms with Gasteiger partial charge in [-0.1, -0.05) is 23.2 Å². The molecule has 1 heterocycles. The average Bonchev–Trinajstić information content (AvgIpc) is 2.99. The van der Waals surface area contributed by atoms with Crippen molar-refractivity contribution in [2.75, 3.05) is 11.1 Å². The number of nitrogens with two attached hydrogens (primary N) is 1. The van der Waals surface area contributed by atoms with E-state index in [4.69, 9.17) is 33.7 Å². The first-order valence-corrected chi connectivity index (χ1v) is 7.58. The Morgan fingerprint density at radius 2 is 1.84 bits per heavy atom. The molecule has 0 radical (unpaired) electrons. The Balaban J connectivity index is 1.81. The average molecular weight is 381 g/mol. The zero-order valence-electron chi connectivity index (χ0n) is 12.4. The van der Waals surface area contributed by atoms with Gasteiger partial charge in [-0.25, -0.2) is 4.79 Å². The zero-order valence-corrected chi connectivity index (χ0v) is 13.9. The van der Waals surface area contributed by atoms with Crippen molar-refractivity contribution in [3.05, 3.63) is 62.8 Å². The highest BCUT2D eigenvalue weighted by molar-refractivity contribution is 6.37. The predicted octanol–water partition coefficient (Wildman–Crippen LogP) is 3.30. The van der Waals surface area contributed by atoms with E-state index in [9.17, 15) is 9.59 Å². The number of carbonyl (C=O) groups excluding carboxylic acids is 1. The highest BCUT2D eigenvalue weighted by atomic mass is 35.5. The smallest absolute Gasteiger partial charge is 0.439 e. The fraction of sp³-hybridized carbons (Fsp3) is 0. The summed E-state index contributed by atoms with van der Waals surface area (Å²) in [6.07, 6.45) is 0. The molecule has 0 aliphatic rings. The van der Waals surface area contributed by atoms with Crippen LogP contribution in [0.25, 0.3) is 0 Å². The van der Waals surface area contributed by atoms with Gasteiger partial charge in [0.15, 0.2) is 5.75 Å². The first-order valence-electron chi connectivity index (χ1n) is 6.82. The van der Waals surface area contributed by atoms with Crippen LogP contribution in [0.15, 0.2) is 45.7 Å². The van der Waals surface area contributed by atoms with Crippen molar-refractivity contribution >= 4 is 40.5 Å². The minimum absolute atomic E-state index is 0.174. The van der Waals surface area contributed by atoms with Crippen LogP contribution in [0.1, 0.15) is 10.6 Å². The van der Waals surface area contributed by atoms with Gasteiger partial charge >= 0.3 is 5.76 Å². The predicted molar refractivity (Wildman–Crippen MR) is 92.5 cm³/mol. The molecule has 0 spiro atoms. The highest BCUT2D eigenvalue weighted by Gasteiger charge is 2.15. The van der Waals surface area contributed by atoms with Crippen molar-refractivity contribution in [1.82, 2.24) is 10.1 Å². The summed E-state index contributed by atoms with van der Waals surface area (Å²) in [5.41, 5.74) is 6.49. The zero-order chi connectivity index (χ0) is 18.0. The second kappa shape index (κ2) is 6.88. The molecule has 0 atom stereocenters. The maximum Gasteiger partial charge on any atom is 0.439 e. The van der Waals surface area contributed by atoms with Crippen molar-refractivity contribution in [2.24, 2.45) is 0 Å². The van der Waals surface area contributed by atoms with Gasteiger partial charge in [0.2, 0.25) is 5.82 Å². The van der Waals surface area contributed by atoms with Crippen LogP contribution < -0.4 is 21.5 Å². The Bertz CT molecular complexity index is 959. The highest BCUT2D eigenvalue weighted by Crippen LogP contribution is 2.39. The summed E-state index contributed by atoms with van der Waals surface area (Å²) in [7, 11) is 0. The molecule has 0 saturated heterocycles. The third-order valence-corrected chi connectivity index (χ3v) is 3.57. The number of ether oxygens (including phenoxy) is 1. The Morgan fingerprint density at radius 1 is 1.20 bits per heavy atom. The van der Waals surface area contributed by atoms with Crippen LogP contribution in [0.2, 0.25) is 10.0 Å². The topological polar surface area (TPSA) is 123 Å². The summed E-state index contributed by atoms with van der Waals surface area (Å²) < 4.78 is 9.90. The summed E-state index contributed by atoms with van der Waals surface area (Å²) in [4.78, 5) is 24.9. The fourth-order valence-electron chi connectivity index (χ4n) is 1.90. The maximum absolute atomic E-state index is 11.9. The molecule has 1 amide bonds. The fourth-order valence-corrected chi connectivity index (χ4v) is 2.47. The number of carbonyl (C=O) groups is 1. The number of amides is 1. The standard InChI is InChI=1S/C15H10Cl2N4O4/c16-10-5-8(19-14(22)13-20-15(23)25-21-13)6-11(17)12(10)24-9-3-1-7(18)2-4-9/h1-6H,18H2,(H,19,22)(H,20,21,23). The maximum atomic E-state index is 11.9. The van der Waals surface area contributed by atoms with E-state index in [2.05, 4.69) is 20.0 Å². The first kappa shape index (κ1) is 16.9. The second-order valence-corrected chi connectivity index (χ2v) is 5.65. The SMILES string of the molecule is Nc1ccc(Oc2c(Cl)cc(NC(=O)c3noc(=O)[nH]3)cc2Cl)cc1. The van der Waals surface area contributed by atoms with E-state index in [0.29, 0.717) is 11.4 Å². The Morgan fingerprint density at radius 3 is 2.40 bits per heavy atom. The van der Waals surface area contributed by atoms with E-state index >= 15 is 0 Å². The van der Waals surface area contributed by atoms with Crippen molar-refractivity contribution in [3.63, 3.8) is 0 Å². The molecule has 0 unspecified atom stereocenters. The third-order valence-electron chi connectivity index (χ3n) is 3.01. The molecule has 0 bridgehead atoms. The normalized spacial score (nSPS) is 10.5. The van der Waals surface area contributed by atoms with Crippen LogP contribution in [-0.4, -0.2) is 16.0 Å². The summed E-state index contributed by atoms with van der Waals surface area (Å²) in [6.45, 7) is 0. The van der Waals surface area contributed by atoms with Crippen LogP contribution in [0.3, 0.4) is 0 Å². The molecule has 3 rings (SSSR count). The van der Waals surface area contributed by atoms with Crippen molar-refractivity contribution in [1.29, 1.82) is 0 Å². The van der Waals surface area contributed by atoms with E-state index < -0.39 is 11.7 Å². The number of aromatic nitrogens is 2. The van der Waals surface area contributed by atoms with E-state index in [1.807, 2.05) is 0 Å². The van der Waals surface area contributed by atoms with Crippen LogP contribution in [0, 0.1) is 0 Å². The molecule has 0 saturated carbocycles. The van der Waals surface area contributed by atoms with E-state index in [1.54, 1.807) is 24.3 Å². The molecule has 25 heavy (non-hydrogen) atoms. The second-order valence-electron chi connectivity index (χ2n) is 4.84.